The van der Waals surface area contributed by atoms with Crippen molar-refractivity contribution in [2.75, 3.05) is 5.32 Å². The highest BCUT2D eigenvalue weighted by molar-refractivity contribution is 5.99. The van der Waals surface area contributed by atoms with Gasteiger partial charge in [0, 0.05) is 12.2 Å². The van der Waals surface area contributed by atoms with Gasteiger partial charge in [-0.05, 0) is 17.2 Å². The summed E-state index contributed by atoms with van der Waals surface area (Å²) in [5.74, 6) is 0.0687. The predicted molar refractivity (Wildman–Crippen MR) is 46.7 cm³/mol. The number of carbonyl (C=O) groups excluding carboxylic acids is 1. The summed E-state index contributed by atoms with van der Waals surface area (Å²) in [6, 6.07) is 5.84. The molecule has 62 valence electrons. The van der Waals surface area contributed by atoms with Crippen LogP contribution >= 0.6 is 0 Å². The lowest BCUT2D eigenvalue weighted by molar-refractivity contribution is -0.115. The molecule has 0 saturated heterocycles. The van der Waals surface area contributed by atoms with Gasteiger partial charge in [0.15, 0.2) is 0 Å². The number of anilines is 1. The number of fused-ring (bicyclic) bond motifs is 1. The van der Waals surface area contributed by atoms with Crippen LogP contribution in [0.15, 0.2) is 18.2 Å². The second-order valence-electron chi connectivity index (χ2n) is 2.92. The topological polar surface area (TPSA) is 55.1 Å². The Kier molecular flexibility index (Phi) is 1.59. The molecule has 1 aromatic carbocycles. The van der Waals surface area contributed by atoms with Crippen molar-refractivity contribution >= 4 is 11.6 Å². The molecule has 1 amide bonds. The first-order valence-electron chi connectivity index (χ1n) is 3.91. The van der Waals surface area contributed by atoms with Crippen molar-refractivity contribution in [2.24, 2.45) is 5.73 Å². The number of benzene rings is 1. The third kappa shape index (κ3) is 1.08. The lowest BCUT2D eigenvalue weighted by Crippen LogP contribution is -2.03. The van der Waals surface area contributed by atoms with E-state index in [2.05, 4.69) is 5.32 Å². The molecular weight excluding hydrogens is 152 g/mol. The van der Waals surface area contributed by atoms with Gasteiger partial charge in [-0.15, -0.1) is 0 Å². The van der Waals surface area contributed by atoms with Crippen LogP contribution in [0.1, 0.15) is 11.1 Å². The third-order valence-electron chi connectivity index (χ3n) is 2.04. The molecule has 1 aromatic rings. The highest BCUT2D eigenvalue weighted by atomic mass is 16.1. The van der Waals surface area contributed by atoms with Crippen LogP contribution < -0.4 is 11.1 Å². The summed E-state index contributed by atoms with van der Waals surface area (Å²) < 4.78 is 0. The Bertz CT molecular complexity index is 333. The Balaban J connectivity index is 2.41. The number of carbonyl (C=O) groups is 1. The number of hydrogen-bond donors (Lipinski definition) is 2. The summed E-state index contributed by atoms with van der Waals surface area (Å²) in [7, 11) is 0. The maximum atomic E-state index is 11.0. The van der Waals surface area contributed by atoms with Gasteiger partial charge >= 0.3 is 0 Å². The van der Waals surface area contributed by atoms with Crippen LogP contribution in [-0.2, 0) is 17.8 Å². The van der Waals surface area contributed by atoms with Crippen molar-refractivity contribution in [2.45, 2.75) is 13.0 Å². The fraction of sp³-hybridized carbons (Fsp3) is 0.222. The van der Waals surface area contributed by atoms with Gasteiger partial charge in [-0.1, -0.05) is 12.1 Å². The first-order valence-corrected chi connectivity index (χ1v) is 3.91. The van der Waals surface area contributed by atoms with E-state index >= 15 is 0 Å². The van der Waals surface area contributed by atoms with Crippen molar-refractivity contribution < 1.29 is 4.79 Å². The number of amides is 1. The summed E-state index contributed by atoms with van der Waals surface area (Å²) in [6.45, 7) is 0.517. The number of rotatable bonds is 1. The lowest BCUT2D eigenvalue weighted by Gasteiger charge is -2.00. The van der Waals surface area contributed by atoms with Crippen molar-refractivity contribution in [1.29, 1.82) is 0 Å². The van der Waals surface area contributed by atoms with E-state index in [-0.39, 0.29) is 5.91 Å². The molecule has 0 atom stereocenters. The minimum atomic E-state index is 0.0687. The molecule has 0 saturated carbocycles. The minimum absolute atomic E-state index is 0.0687. The Labute approximate surface area is 70.6 Å². The zero-order valence-corrected chi connectivity index (χ0v) is 6.63. The average molecular weight is 162 g/mol. The van der Waals surface area contributed by atoms with Crippen LogP contribution in [0.4, 0.5) is 5.69 Å². The normalized spacial score (nSPS) is 14.2. The zero-order chi connectivity index (χ0) is 8.55. The van der Waals surface area contributed by atoms with Crippen LogP contribution in [0, 0.1) is 0 Å². The van der Waals surface area contributed by atoms with Gasteiger partial charge in [-0.25, -0.2) is 0 Å². The molecular formula is C9H10N2O. The number of nitrogens with one attached hydrogen (secondary N) is 1. The molecule has 0 aromatic heterocycles. The van der Waals surface area contributed by atoms with E-state index in [4.69, 9.17) is 5.73 Å². The van der Waals surface area contributed by atoms with E-state index < -0.39 is 0 Å². The Hall–Kier alpha value is -1.35. The fourth-order valence-electron chi connectivity index (χ4n) is 1.39. The van der Waals surface area contributed by atoms with Crippen LogP contribution in [0.25, 0.3) is 0 Å². The molecule has 3 N–H and O–H groups in total. The molecule has 0 aliphatic carbocycles. The number of hydrogen-bond acceptors (Lipinski definition) is 2. The highest BCUT2D eigenvalue weighted by Crippen LogP contribution is 2.23. The lowest BCUT2D eigenvalue weighted by atomic mass is 10.1. The van der Waals surface area contributed by atoms with Gasteiger partial charge in [0.2, 0.25) is 5.91 Å². The highest BCUT2D eigenvalue weighted by Gasteiger charge is 2.16. The second-order valence-corrected chi connectivity index (χ2v) is 2.92. The first-order chi connectivity index (χ1) is 5.79. The van der Waals surface area contributed by atoms with E-state index in [1.54, 1.807) is 0 Å². The van der Waals surface area contributed by atoms with Crippen LogP contribution in [0.3, 0.4) is 0 Å². The van der Waals surface area contributed by atoms with Gasteiger partial charge in [-0.2, -0.15) is 0 Å². The maximum Gasteiger partial charge on any atom is 0.228 e. The van der Waals surface area contributed by atoms with Crippen LogP contribution in [-0.4, -0.2) is 5.91 Å². The van der Waals surface area contributed by atoms with E-state index in [9.17, 15) is 4.79 Å². The summed E-state index contributed by atoms with van der Waals surface area (Å²) >= 11 is 0. The fourth-order valence-corrected chi connectivity index (χ4v) is 1.39. The summed E-state index contributed by atoms with van der Waals surface area (Å²) in [5.41, 5.74) is 8.50. The minimum Gasteiger partial charge on any atom is -0.326 e. The Morgan fingerprint density at radius 3 is 3.08 bits per heavy atom. The van der Waals surface area contributed by atoms with Crippen LogP contribution in [0.2, 0.25) is 0 Å². The van der Waals surface area contributed by atoms with Crippen LogP contribution in [0.5, 0.6) is 0 Å². The smallest absolute Gasteiger partial charge is 0.228 e. The molecule has 0 bridgehead atoms. The first kappa shape index (κ1) is 7.31. The molecule has 0 fully saturated rings. The van der Waals surface area contributed by atoms with Gasteiger partial charge in [0.1, 0.15) is 0 Å². The van der Waals surface area contributed by atoms with Crippen molar-refractivity contribution in [3.63, 3.8) is 0 Å². The largest absolute Gasteiger partial charge is 0.326 e. The standard InChI is InChI=1S/C9H10N2O/c10-5-6-1-2-7-4-9(12)11-8(7)3-6/h1-3H,4-5,10H2,(H,11,12). The number of nitrogens with two attached hydrogens (primary N) is 1. The Morgan fingerprint density at radius 1 is 1.50 bits per heavy atom. The van der Waals surface area contributed by atoms with Gasteiger partial charge in [0.25, 0.3) is 0 Å². The molecule has 0 spiro atoms. The monoisotopic (exact) mass is 162 g/mol. The van der Waals surface area contributed by atoms with Gasteiger partial charge in [-0.3, -0.25) is 4.79 Å². The van der Waals surface area contributed by atoms with Gasteiger partial charge in [0.05, 0.1) is 6.42 Å². The maximum absolute atomic E-state index is 11.0. The summed E-state index contributed by atoms with van der Waals surface area (Å²) in [4.78, 5) is 11.0. The average Bonchev–Trinajstić information content (AvgIpc) is 2.43. The van der Waals surface area contributed by atoms with E-state index in [0.717, 1.165) is 16.8 Å². The van der Waals surface area contributed by atoms with Crippen molar-refractivity contribution in [3.05, 3.63) is 29.3 Å². The molecule has 2 rings (SSSR count). The van der Waals surface area contributed by atoms with E-state index in [0.29, 0.717) is 13.0 Å². The molecule has 0 unspecified atom stereocenters. The molecule has 12 heavy (non-hydrogen) atoms. The molecule has 1 aliphatic rings. The zero-order valence-electron chi connectivity index (χ0n) is 6.63. The third-order valence-corrected chi connectivity index (χ3v) is 2.04. The predicted octanol–water partition coefficient (Wildman–Crippen LogP) is 0.640. The molecule has 0 radical (unpaired) electrons. The van der Waals surface area contributed by atoms with E-state index in [1.807, 2.05) is 18.2 Å². The molecule has 1 heterocycles. The van der Waals surface area contributed by atoms with Crippen molar-refractivity contribution in [3.8, 4) is 0 Å². The van der Waals surface area contributed by atoms with E-state index in [1.165, 1.54) is 0 Å². The molecule has 3 nitrogen and oxygen atoms in total. The quantitative estimate of drug-likeness (QED) is 0.636. The van der Waals surface area contributed by atoms with Gasteiger partial charge < -0.3 is 11.1 Å². The SMILES string of the molecule is NCc1ccc2c(c1)NC(=O)C2. The molecule has 1 aliphatic heterocycles. The summed E-state index contributed by atoms with van der Waals surface area (Å²) in [6.07, 6.45) is 0.500. The molecule has 3 heteroatoms. The second kappa shape index (κ2) is 2.60. The summed E-state index contributed by atoms with van der Waals surface area (Å²) in [5, 5.41) is 2.78. The van der Waals surface area contributed by atoms with Crippen molar-refractivity contribution in [1.82, 2.24) is 0 Å². The Morgan fingerprint density at radius 2 is 2.33 bits per heavy atom.